The van der Waals surface area contributed by atoms with Crippen molar-refractivity contribution in [1.29, 1.82) is 0 Å². The smallest absolute Gasteiger partial charge is 0.131 e. The van der Waals surface area contributed by atoms with Crippen molar-refractivity contribution in [2.45, 2.75) is 19.4 Å². The average Bonchev–Trinajstić information content (AvgIpc) is 2.04. The van der Waals surface area contributed by atoms with E-state index in [4.69, 9.17) is 16.7 Å². The van der Waals surface area contributed by atoms with Gasteiger partial charge in [0.25, 0.3) is 0 Å². The summed E-state index contributed by atoms with van der Waals surface area (Å²) in [5.41, 5.74) is 0.931. The highest BCUT2D eigenvalue weighted by Gasteiger charge is 2.00. The fourth-order valence-corrected chi connectivity index (χ4v) is 1.22. The van der Waals surface area contributed by atoms with E-state index in [-0.39, 0.29) is 12.6 Å². The van der Waals surface area contributed by atoms with Gasteiger partial charge in [0.2, 0.25) is 0 Å². The third kappa shape index (κ3) is 3.61. The summed E-state index contributed by atoms with van der Waals surface area (Å²) in [6.45, 7) is 2.19. The highest BCUT2D eigenvalue weighted by Crippen LogP contribution is 2.13. The van der Waals surface area contributed by atoms with Crippen LogP contribution in [0, 0.1) is 0 Å². The first-order chi connectivity index (χ1) is 6.22. The molecule has 13 heavy (non-hydrogen) atoms. The Morgan fingerprint density at radius 1 is 1.69 bits per heavy atom. The number of halogens is 1. The molecule has 0 bridgehead atoms. The number of hydrogen-bond donors (Lipinski definition) is 2. The fraction of sp³-hybridized carbons (Fsp3) is 0.444. The molecule has 0 aliphatic rings. The van der Waals surface area contributed by atoms with E-state index in [9.17, 15) is 0 Å². The summed E-state index contributed by atoms with van der Waals surface area (Å²) in [5, 5.41) is 12.4. The van der Waals surface area contributed by atoms with Crippen LogP contribution in [0.1, 0.15) is 13.3 Å². The van der Waals surface area contributed by atoms with Crippen molar-refractivity contribution in [3.05, 3.63) is 23.5 Å². The van der Waals surface area contributed by atoms with Crippen LogP contribution in [0.4, 0.5) is 5.69 Å². The second-order valence-corrected chi connectivity index (χ2v) is 3.31. The standard InChI is InChI=1S/C9H13ClN2O/c1-7(3-5-13)12-8-2-4-11-9(10)6-8/h2,4,6-7,13H,3,5H2,1H3,(H,11,12)/t7-/m1/s1. The first-order valence-corrected chi connectivity index (χ1v) is 4.59. The fourth-order valence-electron chi connectivity index (χ4n) is 1.04. The van der Waals surface area contributed by atoms with Crippen LogP contribution < -0.4 is 5.32 Å². The van der Waals surface area contributed by atoms with Gasteiger partial charge in [-0.3, -0.25) is 0 Å². The van der Waals surface area contributed by atoms with Crippen LogP contribution in [0.5, 0.6) is 0 Å². The summed E-state index contributed by atoms with van der Waals surface area (Å²) in [5.74, 6) is 0. The second kappa shape index (κ2) is 5.04. The third-order valence-electron chi connectivity index (χ3n) is 1.70. The average molecular weight is 201 g/mol. The molecule has 0 aliphatic heterocycles. The summed E-state index contributed by atoms with van der Waals surface area (Å²) >= 11 is 5.70. The lowest BCUT2D eigenvalue weighted by Gasteiger charge is -2.13. The summed E-state index contributed by atoms with van der Waals surface area (Å²) < 4.78 is 0. The predicted octanol–water partition coefficient (Wildman–Crippen LogP) is 1.92. The molecule has 0 amide bonds. The lowest BCUT2D eigenvalue weighted by atomic mass is 10.2. The molecule has 3 nitrogen and oxygen atoms in total. The first kappa shape index (κ1) is 10.3. The van der Waals surface area contributed by atoms with Crippen molar-refractivity contribution in [3.63, 3.8) is 0 Å². The van der Waals surface area contributed by atoms with Gasteiger partial charge in [-0.25, -0.2) is 4.98 Å². The van der Waals surface area contributed by atoms with Gasteiger partial charge in [0, 0.05) is 24.5 Å². The number of pyridine rings is 1. The maximum atomic E-state index is 8.69. The SMILES string of the molecule is C[C@H](CCO)Nc1ccnc(Cl)c1. The Hall–Kier alpha value is -0.800. The molecule has 1 heterocycles. The minimum Gasteiger partial charge on any atom is -0.396 e. The Labute approximate surface area is 82.8 Å². The molecule has 0 saturated heterocycles. The molecule has 72 valence electrons. The molecule has 1 atom stereocenters. The lowest BCUT2D eigenvalue weighted by molar-refractivity contribution is 0.282. The van der Waals surface area contributed by atoms with Gasteiger partial charge in [0.1, 0.15) is 5.15 Å². The van der Waals surface area contributed by atoms with Crippen LogP contribution in [0.15, 0.2) is 18.3 Å². The van der Waals surface area contributed by atoms with Crippen LogP contribution in [-0.2, 0) is 0 Å². The van der Waals surface area contributed by atoms with Crippen LogP contribution in [0.3, 0.4) is 0 Å². The summed E-state index contributed by atoms with van der Waals surface area (Å²) in [7, 11) is 0. The van der Waals surface area contributed by atoms with Gasteiger partial charge >= 0.3 is 0 Å². The molecular formula is C9H13ClN2O. The normalized spacial score (nSPS) is 12.5. The number of nitrogens with zero attached hydrogens (tertiary/aromatic N) is 1. The maximum absolute atomic E-state index is 8.69. The number of nitrogens with one attached hydrogen (secondary N) is 1. The molecule has 0 aliphatic carbocycles. The van der Waals surface area contributed by atoms with E-state index in [1.54, 1.807) is 12.3 Å². The van der Waals surface area contributed by atoms with Gasteiger partial charge < -0.3 is 10.4 Å². The van der Waals surface area contributed by atoms with E-state index in [0.29, 0.717) is 5.15 Å². The largest absolute Gasteiger partial charge is 0.396 e. The zero-order valence-electron chi connectivity index (χ0n) is 7.50. The number of aromatic nitrogens is 1. The van der Waals surface area contributed by atoms with E-state index in [1.807, 2.05) is 13.0 Å². The molecule has 0 spiro atoms. The van der Waals surface area contributed by atoms with Crippen LogP contribution >= 0.6 is 11.6 Å². The summed E-state index contributed by atoms with van der Waals surface area (Å²) in [6, 6.07) is 3.85. The minimum atomic E-state index is 0.187. The van der Waals surface area contributed by atoms with Crippen molar-refractivity contribution < 1.29 is 5.11 Å². The molecule has 0 fully saturated rings. The Balaban J connectivity index is 2.53. The van der Waals surface area contributed by atoms with Gasteiger partial charge in [-0.15, -0.1) is 0 Å². The summed E-state index contributed by atoms with van der Waals surface area (Å²) in [4.78, 5) is 3.87. The number of hydrogen-bond acceptors (Lipinski definition) is 3. The minimum absolute atomic E-state index is 0.187. The van der Waals surface area contributed by atoms with Crippen molar-refractivity contribution in [2.75, 3.05) is 11.9 Å². The van der Waals surface area contributed by atoms with E-state index in [1.165, 1.54) is 0 Å². The highest BCUT2D eigenvalue weighted by atomic mass is 35.5. The summed E-state index contributed by atoms with van der Waals surface area (Å²) in [6.07, 6.45) is 2.37. The number of aliphatic hydroxyl groups is 1. The Bertz CT molecular complexity index is 268. The van der Waals surface area contributed by atoms with Gasteiger partial charge in [0.05, 0.1) is 0 Å². The molecule has 0 unspecified atom stereocenters. The Kier molecular flexibility index (Phi) is 3.99. The Morgan fingerprint density at radius 3 is 3.08 bits per heavy atom. The topological polar surface area (TPSA) is 45.1 Å². The van der Waals surface area contributed by atoms with Gasteiger partial charge in [-0.1, -0.05) is 11.6 Å². The molecular weight excluding hydrogens is 188 g/mol. The van der Waals surface area contributed by atoms with E-state index in [0.717, 1.165) is 12.1 Å². The van der Waals surface area contributed by atoms with Crippen molar-refractivity contribution >= 4 is 17.3 Å². The predicted molar refractivity (Wildman–Crippen MR) is 54.0 cm³/mol. The lowest BCUT2D eigenvalue weighted by Crippen LogP contribution is -2.16. The first-order valence-electron chi connectivity index (χ1n) is 4.21. The molecule has 2 N–H and O–H groups in total. The van der Waals surface area contributed by atoms with Crippen molar-refractivity contribution in [1.82, 2.24) is 4.98 Å². The quantitative estimate of drug-likeness (QED) is 0.730. The number of anilines is 1. The molecule has 1 rings (SSSR count). The number of rotatable bonds is 4. The van der Waals surface area contributed by atoms with Crippen LogP contribution in [-0.4, -0.2) is 22.7 Å². The highest BCUT2D eigenvalue weighted by molar-refractivity contribution is 6.29. The van der Waals surface area contributed by atoms with Crippen LogP contribution in [0.25, 0.3) is 0 Å². The van der Waals surface area contributed by atoms with Gasteiger partial charge in [-0.05, 0) is 25.5 Å². The van der Waals surface area contributed by atoms with Crippen LogP contribution in [0.2, 0.25) is 5.15 Å². The van der Waals surface area contributed by atoms with Crippen molar-refractivity contribution in [2.24, 2.45) is 0 Å². The maximum Gasteiger partial charge on any atom is 0.131 e. The van der Waals surface area contributed by atoms with Gasteiger partial charge in [-0.2, -0.15) is 0 Å². The van der Waals surface area contributed by atoms with E-state index in [2.05, 4.69) is 10.3 Å². The van der Waals surface area contributed by atoms with Crippen molar-refractivity contribution in [3.8, 4) is 0 Å². The van der Waals surface area contributed by atoms with E-state index >= 15 is 0 Å². The molecule has 4 heteroatoms. The second-order valence-electron chi connectivity index (χ2n) is 2.92. The number of aliphatic hydroxyl groups excluding tert-OH is 1. The Morgan fingerprint density at radius 2 is 2.46 bits per heavy atom. The third-order valence-corrected chi connectivity index (χ3v) is 1.91. The monoisotopic (exact) mass is 200 g/mol. The molecule has 0 aromatic carbocycles. The molecule has 0 radical (unpaired) electrons. The zero-order chi connectivity index (χ0) is 9.68. The molecule has 1 aromatic heterocycles. The van der Waals surface area contributed by atoms with E-state index < -0.39 is 0 Å². The molecule has 1 aromatic rings. The molecule has 0 saturated carbocycles. The zero-order valence-corrected chi connectivity index (χ0v) is 8.25. The van der Waals surface area contributed by atoms with Gasteiger partial charge in [0.15, 0.2) is 0 Å².